The van der Waals surface area contributed by atoms with E-state index >= 15 is 0 Å². The molecule has 3 heterocycles. The van der Waals surface area contributed by atoms with E-state index in [1.807, 2.05) is 25.1 Å². The molecule has 124 valence electrons. The summed E-state index contributed by atoms with van der Waals surface area (Å²) in [4.78, 5) is 15.4. The molecule has 0 fully saturated rings. The van der Waals surface area contributed by atoms with Crippen LogP contribution in [0.4, 0.5) is 16.0 Å². The molecule has 0 aliphatic heterocycles. The lowest BCUT2D eigenvalue weighted by Crippen LogP contribution is -1.98. The van der Waals surface area contributed by atoms with Gasteiger partial charge in [-0.3, -0.25) is 0 Å². The van der Waals surface area contributed by atoms with Gasteiger partial charge in [0.05, 0.1) is 0 Å². The van der Waals surface area contributed by atoms with E-state index < -0.39 is 5.82 Å². The number of hydrogen-bond acceptors (Lipinski definition) is 5. The SMILES string of the molecule is Cc1cc2c(F)c(Oc3cc(Nc4ccccn4)ncn3)ccc2[nH]1. The van der Waals surface area contributed by atoms with E-state index in [-0.39, 0.29) is 11.6 Å². The molecule has 6 nitrogen and oxygen atoms in total. The second kappa shape index (κ2) is 6.20. The number of H-pyrrole nitrogens is 1. The van der Waals surface area contributed by atoms with Crippen LogP contribution in [0.1, 0.15) is 5.69 Å². The fraction of sp³-hybridized carbons (Fsp3) is 0.0556. The summed E-state index contributed by atoms with van der Waals surface area (Å²) in [6.07, 6.45) is 3.02. The van der Waals surface area contributed by atoms with Crippen LogP contribution in [0, 0.1) is 12.7 Å². The largest absolute Gasteiger partial charge is 0.436 e. The molecule has 0 saturated carbocycles. The first-order valence-electron chi connectivity index (χ1n) is 7.65. The number of aromatic nitrogens is 4. The molecule has 0 radical (unpaired) electrons. The molecule has 0 bridgehead atoms. The number of ether oxygens (including phenoxy) is 1. The second-order valence-electron chi connectivity index (χ2n) is 5.47. The first-order chi connectivity index (χ1) is 12.2. The number of halogens is 1. The van der Waals surface area contributed by atoms with Gasteiger partial charge in [-0.25, -0.2) is 19.3 Å². The minimum atomic E-state index is -0.431. The summed E-state index contributed by atoms with van der Waals surface area (Å²) in [5.41, 5.74) is 1.61. The Morgan fingerprint density at radius 2 is 1.96 bits per heavy atom. The maximum Gasteiger partial charge on any atom is 0.224 e. The molecule has 4 aromatic rings. The smallest absolute Gasteiger partial charge is 0.224 e. The van der Waals surface area contributed by atoms with Crippen LogP contribution in [0.5, 0.6) is 11.6 Å². The van der Waals surface area contributed by atoms with Crippen molar-refractivity contribution in [3.05, 3.63) is 66.5 Å². The average Bonchev–Trinajstić information content (AvgIpc) is 3.00. The predicted molar refractivity (Wildman–Crippen MR) is 92.6 cm³/mol. The summed E-state index contributed by atoms with van der Waals surface area (Å²) in [7, 11) is 0. The van der Waals surface area contributed by atoms with E-state index in [0.29, 0.717) is 17.0 Å². The molecule has 25 heavy (non-hydrogen) atoms. The highest BCUT2D eigenvalue weighted by molar-refractivity contribution is 5.82. The van der Waals surface area contributed by atoms with Crippen LogP contribution in [0.3, 0.4) is 0 Å². The highest BCUT2D eigenvalue weighted by Crippen LogP contribution is 2.30. The van der Waals surface area contributed by atoms with Gasteiger partial charge in [0.2, 0.25) is 5.88 Å². The van der Waals surface area contributed by atoms with Crippen molar-refractivity contribution >= 4 is 22.5 Å². The molecule has 0 aliphatic carbocycles. The fourth-order valence-corrected chi connectivity index (χ4v) is 2.51. The van der Waals surface area contributed by atoms with Crippen molar-refractivity contribution in [3.63, 3.8) is 0 Å². The van der Waals surface area contributed by atoms with E-state index in [2.05, 4.69) is 25.3 Å². The van der Waals surface area contributed by atoms with Gasteiger partial charge < -0.3 is 15.0 Å². The van der Waals surface area contributed by atoms with E-state index in [9.17, 15) is 4.39 Å². The first-order valence-corrected chi connectivity index (χ1v) is 7.65. The van der Waals surface area contributed by atoms with Gasteiger partial charge in [0.15, 0.2) is 11.6 Å². The Morgan fingerprint density at radius 3 is 2.80 bits per heavy atom. The quantitative estimate of drug-likeness (QED) is 0.580. The van der Waals surface area contributed by atoms with Gasteiger partial charge in [-0.15, -0.1) is 0 Å². The molecular weight excluding hydrogens is 321 g/mol. The number of fused-ring (bicyclic) bond motifs is 1. The zero-order valence-electron chi connectivity index (χ0n) is 13.3. The number of aryl methyl sites for hydroxylation is 1. The van der Waals surface area contributed by atoms with Crippen LogP contribution in [0.25, 0.3) is 10.9 Å². The molecular formula is C18H14FN5O. The number of anilines is 2. The van der Waals surface area contributed by atoms with Crippen LogP contribution in [-0.2, 0) is 0 Å². The molecule has 0 amide bonds. The highest BCUT2D eigenvalue weighted by Gasteiger charge is 2.12. The molecule has 0 unspecified atom stereocenters. The maximum atomic E-state index is 14.6. The third-order valence-electron chi connectivity index (χ3n) is 3.61. The molecule has 3 aromatic heterocycles. The lowest BCUT2D eigenvalue weighted by atomic mass is 10.2. The van der Waals surface area contributed by atoms with Crippen molar-refractivity contribution in [2.24, 2.45) is 0 Å². The van der Waals surface area contributed by atoms with Gasteiger partial charge in [-0.05, 0) is 37.3 Å². The number of pyridine rings is 1. The van der Waals surface area contributed by atoms with Crippen LogP contribution < -0.4 is 10.1 Å². The summed E-state index contributed by atoms with van der Waals surface area (Å²) in [5, 5.41) is 3.52. The fourth-order valence-electron chi connectivity index (χ4n) is 2.51. The average molecular weight is 335 g/mol. The molecule has 4 rings (SSSR count). The zero-order valence-corrected chi connectivity index (χ0v) is 13.3. The number of hydrogen-bond donors (Lipinski definition) is 2. The summed E-state index contributed by atoms with van der Waals surface area (Å²) in [6, 6.07) is 12.2. The molecule has 0 saturated heterocycles. The Bertz CT molecular complexity index is 1030. The van der Waals surface area contributed by atoms with Crippen LogP contribution in [0.15, 0.2) is 55.0 Å². The van der Waals surface area contributed by atoms with Crippen LogP contribution >= 0.6 is 0 Å². The standard InChI is InChI=1S/C18H14FN5O/c1-11-8-12-13(23-11)5-6-14(18(12)19)25-17-9-16(21-10-22-17)24-15-4-2-3-7-20-15/h2-10,23H,1H3,(H,20,21,22,24). The van der Waals surface area contributed by atoms with Crippen molar-refractivity contribution in [2.45, 2.75) is 6.92 Å². The van der Waals surface area contributed by atoms with Crippen molar-refractivity contribution in [1.29, 1.82) is 0 Å². The summed E-state index contributed by atoms with van der Waals surface area (Å²) in [6.45, 7) is 1.87. The monoisotopic (exact) mass is 335 g/mol. The number of benzene rings is 1. The minimum absolute atomic E-state index is 0.106. The number of rotatable bonds is 4. The Labute approximate surface area is 142 Å². The summed E-state index contributed by atoms with van der Waals surface area (Å²) < 4.78 is 20.2. The van der Waals surface area contributed by atoms with E-state index in [4.69, 9.17) is 4.74 Å². The summed E-state index contributed by atoms with van der Waals surface area (Å²) >= 11 is 0. The number of aromatic amines is 1. The Kier molecular flexibility index (Phi) is 3.74. The third kappa shape index (κ3) is 3.12. The van der Waals surface area contributed by atoms with E-state index in [0.717, 1.165) is 11.2 Å². The first kappa shape index (κ1) is 15.1. The van der Waals surface area contributed by atoms with Crippen LogP contribution in [0.2, 0.25) is 0 Å². The second-order valence-corrected chi connectivity index (χ2v) is 5.47. The van der Waals surface area contributed by atoms with Gasteiger partial charge in [0.25, 0.3) is 0 Å². The van der Waals surface area contributed by atoms with Crippen LogP contribution in [-0.4, -0.2) is 19.9 Å². The van der Waals surface area contributed by atoms with Gasteiger partial charge in [-0.1, -0.05) is 6.07 Å². The van der Waals surface area contributed by atoms with Crippen molar-refractivity contribution < 1.29 is 9.13 Å². The van der Waals surface area contributed by atoms with E-state index in [1.54, 1.807) is 30.5 Å². The lowest BCUT2D eigenvalue weighted by molar-refractivity contribution is 0.430. The third-order valence-corrected chi connectivity index (χ3v) is 3.61. The lowest BCUT2D eigenvalue weighted by Gasteiger charge is -2.08. The molecule has 2 N–H and O–H groups in total. The Hall–Kier alpha value is -3.48. The molecule has 0 aliphatic rings. The summed E-state index contributed by atoms with van der Waals surface area (Å²) in [5.74, 6) is 1.05. The van der Waals surface area contributed by atoms with Crippen molar-refractivity contribution in [1.82, 2.24) is 19.9 Å². The Morgan fingerprint density at radius 1 is 1.04 bits per heavy atom. The van der Waals surface area contributed by atoms with E-state index in [1.165, 1.54) is 6.33 Å². The minimum Gasteiger partial charge on any atom is -0.436 e. The van der Waals surface area contributed by atoms with Gasteiger partial charge in [0.1, 0.15) is 18.0 Å². The normalized spacial score (nSPS) is 10.8. The Balaban J connectivity index is 1.61. The number of nitrogens with zero attached hydrogens (tertiary/aromatic N) is 3. The molecule has 1 aromatic carbocycles. The molecule has 0 spiro atoms. The van der Waals surface area contributed by atoms with Crippen molar-refractivity contribution in [3.8, 4) is 11.6 Å². The topological polar surface area (TPSA) is 75.7 Å². The van der Waals surface area contributed by atoms with Crippen molar-refractivity contribution in [2.75, 3.05) is 5.32 Å². The van der Waals surface area contributed by atoms with Gasteiger partial charge in [0, 0.05) is 28.9 Å². The zero-order chi connectivity index (χ0) is 17.2. The number of nitrogens with one attached hydrogen (secondary N) is 2. The molecule has 0 atom stereocenters. The van der Waals surface area contributed by atoms with Gasteiger partial charge >= 0.3 is 0 Å². The predicted octanol–water partition coefficient (Wildman–Crippen LogP) is 4.34. The van der Waals surface area contributed by atoms with Gasteiger partial charge in [-0.2, -0.15) is 0 Å². The molecule has 7 heteroatoms. The maximum absolute atomic E-state index is 14.6. The highest BCUT2D eigenvalue weighted by atomic mass is 19.1.